The van der Waals surface area contributed by atoms with E-state index in [4.69, 9.17) is 0 Å². The molecular formula is C9H16N4. The van der Waals surface area contributed by atoms with Crippen LogP contribution in [0.15, 0.2) is 18.9 Å². The van der Waals surface area contributed by atoms with Gasteiger partial charge in [-0.05, 0) is 13.0 Å². The van der Waals surface area contributed by atoms with E-state index in [1.807, 2.05) is 13.1 Å². The van der Waals surface area contributed by atoms with Gasteiger partial charge in [-0.15, -0.1) is 11.7 Å². The Hall–Kier alpha value is -1.16. The third-order valence-corrected chi connectivity index (χ3v) is 1.96. The Balaban J connectivity index is 2.74. The minimum absolute atomic E-state index is 0.280. The maximum atomic E-state index is 3.89. The fourth-order valence-electron chi connectivity index (χ4n) is 1.33. The average molecular weight is 180 g/mol. The second-order valence-corrected chi connectivity index (χ2v) is 2.92. The molecule has 72 valence electrons. The first-order valence-corrected chi connectivity index (χ1v) is 4.48. The minimum Gasteiger partial charge on any atom is -0.309 e. The summed E-state index contributed by atoms with van der Waals surface area (Å²) in [5.41, 5.74) is 1.10. The van der Waals surface area contributed by atoms with E-state index in [1.54, 1.807) is 10.9 Å². The summed E-state index contributed by atoms with van der Waals surface area (Å²) in [5.74, 6) is 0. The summed E-state index contributed by atoms with van der Waals surface area (Å²) in [6.45, 7) is 6.75. The van der Waals surface area contributed by atoms with Crippen molar-refractivity contribution in [1.29, 1.82) is 0 Å². The summed E-state index contributed by atoms with van der Waals surface area (Å²) < 4.78 is 1.79. The Kier molecular flexibility index (Phi) is 3.64. The van der Waals surface area contributed by atoms with E-state index in [1.165, 1.54) is 0 Å². The Morgan fingerprint density at radius 1 is 1.77 bits per heavy atom. The molecule has 1 rings (SSSR count). The maximum Gasteiger partial charge on any atom is 0.0756 e. The van der Waals surface area contributed by atoms with Crippen LogP contribution in [0.3, 0.4) is 0 Å². The first-order valence-electron chi connectivity index (χ1n) is 4.48. The Labute approximate surface area is 78.6 Å². The van der Waals surface area contributed by atoms with E-state index < -0.39 is 0 Å². The molecule has 0 aliphatic heterocycles. The van der Waals surface area contributed by atoms with Gasteiger partial charge in [0.25, 0.3) is 0 Å². The van der Waals surface area contributed by atoms with Crippen molar-refractivity contribution >= 4 is 0 Å². The number of hydrogen-bond donors (Lipinski definition) is 1. The SMILES string of the molecule is C=CCC(NCC)c1cnnn1C. The van der Waals surface area contributed by atoms with Crippen LogP contribution in [0.1, 0.15) is 25.1 Å². The lowest BCUT2D eigenvalue weighted by Crippen LogP contribution is -2.22. The largest absolute Gasteiger partial charge is 0.309 e. The summed E-state index contributed by atoms with van der Waals surface area (Å²) in [4.78, 5) is 0. The van der Waals surface area contributed by atoms with Gasteiger partial charge in [-0.1, -0.05) is 18.2 Å². The third kappa shape index (κ3) is 2.39. The van der Waals surface area contributed by atoms with Crippen LogP contribution in [0.5, 0.6) is 0 Å². The van der Waals surface area contributed by atoms with Gasteiger partial charge in [0.15, 0.2) is 0 Å². The highest BCUT2D eigenvalue weighted by Crippen LogP contribution is 2.14. The van der Waals surface area contributed by atoms with Crippen LogP contribution in [0, 0.1) is 0 Å². The maximum absolute atomic E-state index is 3.89. The molecule has 1 unspecified atom stereocenters. The molecule has 1 atom stereocenters. The summed E-state index contributed by atoms with van der Waals surface area (Å²) in [6.07, 6.45) is 4.59. The van der Waals surface area contributed by atoms with Crippen molar-refractivity contribution in [2.24, 2.45) is 7.05 Å². The molecule has 0 aliphatic rings. The predicted octanol–water partition coefficient (Wildman–Crippen LogP) is 1.04. The monoisotopic (exact) mass is 180 g/mol. The van der Waals surface area contributed by atoms with Crippen molar-refractivity contribution < 1.29 is 0 Å². The van der Waals surface area contributed by atoms with Crippen molar-refractivity contribution in [2.45, 2.75) is 19.4 Å². The van der Waals surface area contributed by atoms with Gasteiger partial charge in [0.2, 0.25) is 0 Å². The van der Waals surface area contributed by atoms with Gasteiger partial charge in [0.1, 0.15) is 0 Å². The van der Waals surface area contributed by atoms with E-state index in [9.17, 15) is 0 Å². The van der Waals surface area contributed by atoms with Crippen LogP contribution in [0.2, 0.25) is 0 Å². The minimum atomic E-state index is 0.280. The van der Waals surface area contributed by atoms with E-state index in [2.05, 4.69) is 29.1 Å². The number of hydrogen-bond acceptors (Lipinski definition) is 3. The lowest BCUT2D eigenvalue weighted by Gasteiger charge is -2.14. The lowest BCUT2D eigenvalue weighted by atomic mass is 10.1. The molecular weight excluding hydrogens is 164 g/mol. The Bertz CT molecular complexity index is 266. The molecule has 4 nitrogen and oxygen atoms in total. The zero-order valence-corrected chi connectivity index (χ0v) is 8.20. The zero-order chi connectivity index (χ0) is 9.68. The summed E-state index contributed by atoms with van der Waals surface area (Å²) >= 11 is 0. The van der Waals surface area contributed by atoms with Crippen LogP contribution in [-0.4, -0.2) is 21.5 Å². The molecule has 0 bridgehead atoms. The Morgan fingerprint density at radius 3 is 3.00 bits per heavy atom. The molecule has 1 N–H and O–H groups in total. The molecule has 0 aromatic carbocycles. The molecule has 1 aromatic rings. The van der Waals surface area contributed by atoms with E-state index in [0.29, 0.717) is 0 Å². The molecule has 1 heterocycles. The number of rotatable bonds is 5. The number of aromatic nitrogens is 3. The highest BCUT2D eigenvalue weighted by atomic mass is 15.4. The molecule has 4 heteroatoms. The molecule has 0 radical (unpaired) electrons. The summed E-state index contributed by atoms with van der Waals surface area (Å²) in [5, 5.41) is 11.1. The van der Waals surface area contributed by atoms with Crippen LogP contribution < -0.4 is 5.32 Å². The van der Waals surface area contributed by atoms with Crippen LogP contribution in [0.4, 0.5) is 0 Å². The number of nitrogens with one attached hydrogen (secondary N) is 1. The van der Waals surface area contributed by atoms with Gasteiger partial charge in [-0.25, -0.2) is 0 Å². The van der Waals surface area contributed by atoms with E-state index >= 15 is 0 Å². The smallest absolute Gasteiger partial charge is 0.0756 e. The van der Waals surface area contributed by atoms with Crippen molar-refractivity contribution in [2.75, 3.05) is 6.54 Å². The highest BCUT2D eigenvalue weighted by Gasteiger charge is 2.12. The van der Waals surface area contributed by atoms with Crippen molar-refractivity contribution in [3.63, 3.8) is 0 Å². The molecule has 1 aromatic heterocycles. The summed E-state index contributed by atoms with van der Waals surface area (Å²) in [7, 11) is 1.90. The van der Waals surface area contributed by atoms with Gasteiger partial charge in [0, 0.05) is 7.05 Å². The zero-order valence-electron chi connectivity index (χ0n) is 8.20. The van der Waals surface area contributed by atoms with E-state index in [0.717, 1.165) is 18.7 Å². The second-order valence-electron chi connectivity index (χ2n) is 2.92. The standard InChI is InChI=1S/C9H16N4/c1-4-6-8(10-5-2)9-7-11-12-13(9)3/h4,7-8,10H,1,5-6H2,2-3H3. The van der Waals surface area contributed by atoms with E-state index in [-0.39, 0.29) is 6.04 Å². The molecule has 13 heavy (non-hydrogen) atoms. The fourth-order valence-corrected chi connectivity index (χ4v) is 1.33. The van der Waals surface area contributed by atoms with Gasteiger partial charge < -0.3 is 5.32 Å². The Morgan fingerprint density at radius 2 is 2.54 bits per heavy atom. The predicted molar refractivity (Wildman–Crippen MR) is 52.2 cm³/mol. The van der Waals surface area contributed by atoms with Gasteiger partial charge in [-0.3, -0.25) is 4.68 Å². The first kappa shape index (κ1) is 9.92. The van der Waals surface area contributed by atoms with Crippen molar-refractivity contribution in [3.8, 4) is 0 Å². The molecule has 0 aliphatic carbocycles. The van der Waals surface area contributed by atoms with Crippen molar-refractivity contribution in [1.82, 2.24) is 20.3 Å². The second kappa shape index (κ2) is 4.77. The number of aryl methyl sites for hydroxylation is 1. The first-order chi connectivity index (χ1) is 6.29. The fraction of sp³-hybridized carbons (Fsp3) is 0.556. The summed E-state index contributed by atoms with van der Waals surface area (Å²) in [6, 6.07) is 0.280. The molecule has 0 saturated carbocycles. The van der Waals surface area contributed by atoms with Gasteiger partial charge in [0.05, 0.1) is 17.9 Å². The van der Waals surface area contributed by atoms with Crippen LogP contribution in [-0.2, 0) is 7.05 Å². The molecule has 0 saturated heterocycles. The molecule has 0 spiro atoms. The molecule has 0 amide bonds. The lowest BCUT2D eigenvalue weighted by molar-refractivity contribution is 0.513. The van der Waals surface area contributed by atoms with Crippen LogP contribution >= 0.6 is 0 Å². The topological polar surface area (TPSA) is 42.7 Å². The van der Waals surface area contributed by atoms with Gasteiger partial charge in [-0.2, -0.15) is 0 Å². The number of nitrogens with zero attached hydrogens (tertiary/aromatic N) is 3. The highest BCUT2D eigenvalue weighted by molar-refractivity contribution is 5.03. The average Bonchev–Trinajstić information content (AvgIpc) is 2.51. The van der Waals surface area contributed by atoms with Gasteiger partial charge >= 0.3 is 0 Å². The van der Waals surface area contributed by atoms with Crippen molar-refractivity contribution in [3.05, 3.63) is 24.5 Å². The normalized spacial score (nSPS) is 12.8. The molecule has 0 fully saturated rings. The third-order valence-electron chi connectivity index (χ3n) is 1.96. The quantitative estimate of drug-likeness (QED) is 0.688. The van der Waals surface area contributed by atoms with Crippen LogP contribution in [0.25, 0.3) is 0 Å².